The molecule has 24 heavy (non-hydrogen) atoms. The van der Waals surface area contributed by atoms with Crippen molar-refractivity contribution in [1.29, 1.82) is 0 Å². The van der Waals surface area contributed by atoms with E-state index >= 15 is 0 Å². The summed E-state index contributed by atoms with van der Waals surface area (Å²) in [5.41, 5.74) is 4.37. The van der Waals surface area contributed by atoms with Gasteiger partial charge in [-0.2, -0.15) is 4.98 Å². The van der Waals surface area contributed by atoms with Crippen LogP contribution in [0.15, 0.2) is 47.0 Å². The Morgan fingerprint density at radius 1 is 1.12 bits per heavy atom. The summed E-state index contributed by atoms with van der Waals surface area (Å²) >= 11 is 0. The van der Waals surface area contributed by atoms with E-state index in [0.717, 1.165) is 29.0 Å². The third kappa shape index (κ3) is 3.56. The molecule has 3 aromatic rings. The third-order valence-corrected chi connectivity index (χ3v) is 3.95. The van der Waals surface area contributed by atoms with E-state index in [2.05, 4.69) is 34.5 Å². The molecular formula is C19H21N3O2. The van der Waals surface area contributed by atoms with Gasteiger partial charge in [-0.3, -0.25) is 0 Å². The van der Waals surface area contributed by atoms with E-state index in [4.69, 9.17) is 9.26 Å². The highest BCUT2D eigenvalue weighted by Gasteiger charge is 2.09. The van der Waals surface area contributed by atoms with Crippen molar-refractivity contribution in [2.75, 3.05) is 12.4 Å². The number of methoxy groups -OCH3 is 1. The summed E-state index contributed by atoms with van der Waals surface area (Å²) < 4.78 is 10.5. The van der Waals surface area contributed by atoms with Crippen LogP contribution in [0.5, 0.6) is 5.75 Å². The molecule has 1 N–H and O–H groups in total. The monoisotopic (exact) mass is 323 g/mol. The van der Waals surface area contributed by atoms with Gasteiger partial charge in [-0.1, -0.05) is 36.3 Å². The average molecular weight is 323 g/mol. The van der Waals surface area contributed by atoms with E-state index in [1.165, 1.54) is 5.56 Å². The molecule has 1 aromatic heterocycles. The summed E-state index contributed by atoms with van der Waals surface area (Å²) in [6, 6.07) is 14.1. The van der Waals surface area contributed by atoms with E-state index < -0.39 is 0 Å². The molecule has 0 spiro atoms. The first-order valence-electron chi connectivity index (χ1n) is 8.00. The zero-order valence-corrected chi connectivity index (χ0v) is 14.2. The second kappa shape index (κ2) is 7.17. The van der Waals surface area contributed by atoms with Gasteiger partial charge in [-0.15, -0.1) is 0 Å². The molecule has 0 radical (unpaired) electrons. The van der Waals surface area contributed by atoms with Crippen molar-refractivity contribution in [2.24, 2.45) is 0 Å². The second-order valence-corrected chi connectivity index (χ2v) is 5.60. The molecule has 0 atom stereocenters. The normalized spacial score (nSPS) is 10.6. The Kier molecular flexibility index (Phi) is 4.79. The van der Waals surface area contributed by atoms with Crippen molar-refractivity contribution < 1.29 is 9.26 Å². The molecule has 5 heteroatoms. The number of anilines is 1. The number of aromatic nitrogens is 2. The van der Waals surface area contributed by atoms with Gasteiger partial charge in [0.15, 0.2) is 0 Å². The molecule has 0 unspecified atom stereocenters. The fourth-order valence-corrected chi connectivity index (χ4v) is 2.47. The Labute approximate surface area is 141 Å². The molecule has 0 bridgehead atoms. The van der Waals surface area contributed by atoms with Crippen LogP contribution in [0.2, 0.25) is 0 Å². The van der Waals surface area contributed by atoms with Crippen LogP contribution in [0.25, 0.3) is 11.4 Å². The maximum absolute atomic E-state index is 5.33. The number of hydrogen-bond donors (Lipinski definition) is 1. The van der Waals surface area contributed by atoms with Crippen LogP contribution in [-0.2, 0) is 13.0 Å². The van der Waals surface area contributed by atoms with Crippen molar-refractivity contribution in [3.8, 4) is 17.1 Å². The number of nitrogens with one attached hydrogen (secondary N) is 1. The predicted molar refractivity (Wildman–Crippen MR) is 94.2 cm³/mol. The van der Waals surface area contributed by atoms with E-state index in [1.54, 1.807) is 7.11 Å². The van der Waals surface area contributed by atoms with Crippen LogP contribution in [0.3, 0.4) is 0 Å². The van der Waals surface area contributed by atoms with Crippen LogP contribution in [0.4, 0.5) is 5.69 Å². The Balaban J connectivity index is 1.67. The summed E-state index contributed by atoms with van der Waals surface area (Å²) in [5.74, 6) is 2.01. The summed E-state index contributed by atoms with van der Waals surface area (Å²) in [6.45, 7) is 4.64. The minimum Gasteiger partial charge on any atom is -0.497 e. The van der Waals surface area contributed by atoms with E-state index in [1.807, 2.05) is 37.3 Å². The molecule has 1 heterocycles. The molecule has 0 aliphatic rings. The lowest BCUT2D eigenvalue weighted by molar-refractivity contribution is 0.384. The van der Waals surface area contributed by atoms with Crippen LogP contribution >= 0.6 is 0 Å². The number of hydrogen-bond acceptors (Lipinski definition) is 5. The summed E-state index contributed by atoms with van der Waals surface area (Å²) in [5, 5.41) is 7.37. The van der Waals surface area contributed by atoms with Crippen molar-refractivity contribution in [3.05, 3.63) is 59.5 Å². The predicted octanol–water partition coefficient (Wildman–Crippen LogP) is 4.23. The maximum atomic E-state index is 5.33. The quantitative estimate of drug-likeness (QED) is 0.735. The van der Waals surface area contributed by atoms with Gasteiger partial charge in [0.25, 0.3) is 0 Å². The standard InChI is InChI=1S/C19H21N3O2/c1-4-14-5-7-15(8-6-14)19-21-18(24-22-19)12-20-17-10-9-16(23-3)11-13(17)2/h5-11,20H,4,12H2,1-3H3. The summed E-state index contributed by atoms with van der Waals surface area (Å²) in [4.78, 5) is 4.45. The second-order valence-electron chi connectivity index (χ2n) is 5.60. The minimum absolute atomic E-state index is 0.479. The molecule has 0 amide bonds. The number of aryl methyl sites for hydroxylation is 2. The SMILES string of the molecule is CCc1ccc(-c2noc(CNc3ccc(OC)cc3C)n2)cc1. The fourth-order valence-electron chi connectivity index (χ4n) is 2.47. The van der Waals surface area contributed by atoms with Crippen molar-refractivity contribution in [1.82, 2.24) is 10.1 Å². The molecule has 124 valence electrons. The highest BCUT2D eigenvalue weighted by atomic mass is 16.5. The van der Waals surface area contributed by atoms with Gasteiger partial charge >= 0.3 is 0 Å². The Morgan fingerprint density at radius 3 is 2.58 bits per heavy atom. The number of rotatable bonds is 6. The lowest BCUT2D eigenvalue weighted by Gasteiger charge is -2.08. The molecule has 0 saturated carbocycles. The van der Waals surface area contributed by atoms with Crippen molar-refractivity contribution in [3.63, 3.8) is 0 Å². The highest BCUT2D eigenvalue weighted by molar-refractivity contribution is 5.55. The first kappa shape index (κ1) is 16.1. The zero-order valence-electron chi connectivity index (χ0n) is 14.2. The Morgan fingerprint density at radius 2 is 1.92 bits per heavy atom. The van der Waals surface area contributed by atoms with Gasteiger partial charge < -0.3 is 14.6 Å². The molecule has 3 rings (SSSR count). The van der Waals surface area contributed by atoms with Crippen LogP contribution in [0, 0.1) is 6.92 Å². The molecule has 5 nitrogen and oxygen atoms in total. The van der Waals surface area contributed by atoms with Gasteiger partial charge in [-0.25, -0.2) is 0 Å². The van der Waals surface area contributed by atoms with Gasteiger partial charge in [0.2, 0.25) is 11.7 Å². The van der Waals surface area contributed by atoms with Crippen molar-refractivity contribution in [2.45, 2.75) is 26.8 Å². The zero-order chi connectivity index (χ0) is 16.9. The fraction of sp³-hybridized carbons (Fsp3) is 0.263. The van der Waals surface area contributed by atoms with Gasteiger partial charge in [0.05, 0.1) is 13.7 Å². The lowest BCUT2D eigenvalue weighted by Crippen LogP contribution is -2.01. The number of ether oxygens (including phenoxy) is 1. The van der Waals surface area contributed by atoms with E-state index in [0.29, 0.717) is 18.3 Å². The summed E-state index contributed by atoms with van der Waals surface area (Å²) in [6.07, 6.45) is 1.02. The van der Waals surface area contributed by atoms with Gasteiger partial charge in [-0.05, 0) is 42.7 Å². The van der Waals surface area contributed by atoms with Crippen molar-refractivity contribution >= 4 is 5.69 Å². The van der Waals surface area contributed by atoms with E-state index in [-0.39, 0.29) is 0 Å². The molecule has 0 aliphatic carbocycles. The molecule has 2 aromatic carbocycles. The minimum atomic E-state index is 0.479. The molecule has 0 fully saturated rings. The molecular weight excluding hydrogens is 302 g/mol. The first-order valence-corrected chi connectivity index (χ1v) is 8.00. The van der Waals surface area contributed by atoms with Crippen LogP contribution in [-0.4, -0.2) is 17.3 Å². The Bertz CT molecular complexity index is 810. The highest BCUT2D eigenvalue weighted by Crippen LogP contribution is 2.22. The smallest absolute Gasteiger partial charge is 0.246 e. The third-order valence-electron chi connectivity index (χ3n) is 3.95. The largest absolute Gasteiger partial charge is 0.497 e. The Hall–Kier alpha value is -2.82. The summed E-state index contributed by atoms with van der Waals surface area (Å²) in [7, 11) is 1.66. The van der Waals surface area contributed by atoms with Gasteiger partial charge in [0, 0.05) is 11.3 Å². The number of nitrogens with zero attached hydrogens (tertiary/aromatic N) is 2. The lowest BCUT2D eigenvalue weighted by atomic mass is 10.1. The molecule has 0 aliphatic heterocycles. The van der Waals surface area contributed by atoms with Gasteiger partial charge in [0.1, 0.15) is 5.75 Å². The number of benzene rings is 2. The van der Waals surface area contributed by atoms with Crippen LogP contribution in [0.1, 0.15) is 23.9 Å². The topological polar surface area (TPSA) is 60.2 Å². The maximum Gasteiger partial charge on any atom is 0.246 e. The first-order chi connectivity index (χ1) is 11.7. The van der Waals surface area contributed by atoms with Crippen LogP contribution < -0.4 is 10.1 Å². The average Bonchev–Trinajstić information content (AvgIpc) is 3.09. The van der Waals surface area contributed by atoms with E-state index in [9.17, 15) is 0 Å². The molecule has 0 saturated heterocycles.